The lowest BCUT2D eigenvalue weighted by molar-refractivity contribution is 0.327. The average molecular weight is 365 g/mol. The molecule has 1 aliphatic rings. The first-order valence-electron chi connectivity index (χ1n) is 8.23. The van der Waals surface area contributed by atoms with Crippen molar-refractivity contribution in [3.8, 4) is 5.75 Å². The molecule has 0 heterocycles. The molecule has 2 aromatic carbocycles. The molecule has 5 heteroatoms. The summed E-state index contributed by atoms with van der Waals surface area (Å²) in [6.07, 6.45) is 2.83. The van der Waals surface area contributed by atoms with Crippen LogP contribution >= 0.6 is 23.2 Å². The van der Waals surface area contributed by atoms with Crippen LogP contribution in [0.15, 0.2) is 36.4 Å². The molecule has 128 valence electrons. The second-order valence-electron chi connectivity index (χ2n) is 6.26. The van der Waals surface area contributed by atoms with Gasteiger partial charge in [-0.2, -0.15) is 0 Å². The molecule has 0 saturated heterocycles. The Kier molecular flexibility index (Phi) is 5.67. The number of aryl methyl sites for hydroxylation is 1. The van der Waals surface area contributed by atoms with Gasteiger partial charge in [-0.25, -0.2) is 0 Å². The Hall–Kier alpha value is -1.26. The Bertz CT molecular complexity index is 721. The number of rotatable bonds is 5. The van der Waals surface area contributed by atoms with Crippen molar-refractivity contribution < 1.29 is 4.74 Å². The third kappa shape index (κ3) is 3.86. The van der Waals surface area contributed by atoms with Gasteiger partial charge in [0.2, 0.25) is 0 Å². The molecule has 3 nitrogen and oxygen atoms in total. The number of fused-ring (bicyclic) bond motifs is 1. The third-order valence-electron chi connectivity index (χ3n) is 4.61. The maximum absolute atomic E-state index is 6.44. The van der Waals surface area contributed by atoms with E-state index in [9.17, 15) is 0 Å². The number of ether oxygens (including phenoxy) is 1. The quantitative estimate of drug-likeness (QED) is 0.844. The van der Waals surface area contributed by atoms with Gasteiger partial charge < -0.3 is 16.2 Å². The zero-order chi connectivity index (χ0) is 17.1. The normalized spacial score (nSPS) is 19.8. The minimum Gasteiger partial charge on any atom is -0.492 e. The molecule has 0 aliphatic heterocycles. The molecule has 24 heavy (non-hydrogen) atoms. The Morgan fingerprint density at radius 3 is 2.67 bits per heavy atom. The summed E-state index contributed by atoms with van der Waals surface area (Å²) in [5.41, 5.74) is 15.7. The van der Waals surface area contributed by atoms with E-state index in [4.69, 9.17) is 39.4 Å². The summed E-state index contributed by atoms with van der Waals surface area (Å²) in [7, 11) is 0. The van der Waals surface area contributed by atoms with Crippen molar-refractivity contribution in [1.82, 2.24) is 0 Å². The molecule has 3 rings (SSSR count). The highest BCUT2D eigenvalue weighted by Gasteiger charge is 2.27. The average Bonchev–Trinajstić information content (AvgIpc) is 2.58. The summed E-state index contributed by atoms with van der Waals surface area (Å²) in [4.78, 5) is 0. The lowest BCUT2D eigenvalue weighted by Crippen LogP contribution is -2.34. The van der Waals surface area contributed by atoms with Crippen LogP contribution in [0.1, 0.15) is 29.0 Å². The largest absolute Gasteiger partial charge is 0.492 e. The van der Waals surface area contributed by atoms with Gasteiger partial charge in [-0.05, 0) is 60.2 Å². The Balaban J connectivity index is 1.88. The highest BCUT2D eigenvalue weighted by atomic mass is 35.5. The summed E-state index contributed by atoms with van der Waals surface area (Å²) in [5, 5.41) is 1.16. The van der Waals surface area contributed by atoms with Crippen molar-refractivity contribution in [2.45, 2.75) is 31.2 Å². The molecule has 4 N–H and O–H groups in total. The fourth-order valence-electron chi connectivity index (χ4n) is 3.35. The van der Waals surface area contributed by atoms with Crippen LogP contribution in [-0.2, 0) is 12.8 Å². The van der Waals surface area contributed by atoms with E-state index in [1.54, 1.807) is 0 Å². The molecule has 2 atom stereocenters. The Labute approximate surface area is 152 Å². The number of benzene rings is 2. The van der Waals surface area contributed by atoms with E-state index in [-0.39, 0.29) is 12.0 Å². The minimum atomic E-state index is 0.122. The molecule has 0 saturated carbocycles. The highest BCUT2D eigenvalue weighted by molar-refractivity contribution is 6.42. The fraction of sp³-hybridized carbons (Fsp3) is 0.368. The van der Waals surface area contributed by atoms with Gasteiger partial charge in [-0.15, -0.1) is 0 Å². The Morgan fingerprint density at radius 2 is 1.92 bits per heavy atom. The van der Waals surface area contributed by atoms with Crippen LogP contribution < -0.4 is 16.2 Å². The number of hydrogen-bond donors (Lipinski definition) is 2. The molecule has 1 aliphatic carbocycles. The second-order valence-corrected chi connectivity index (χ2v) is 7.07. The van der Waals surface area contributed by atoms with Crippen molar-refractivity contribution in [1.29, 1.82) is 0 Å². The molecule has 2 unspecified atom stereocenters. The van der Waals surface area contributed by atoms with Gasteiger partial charge in [0.1, 0.15) is 12.4 Å². The summed E-state index contributed by atoms with van der Waals surface area (Å²) in [6.45, 7) is 1.02. The van der Waals surface area contributed by atoms with Gasteiger partial charge >= 0.3 is 0 Å². The maximum Gasteiger partial charge on any atom is 0.119 e. The molecule has 0 amide bonds. The van der Waals surface area contributed by atoms with Crippen LogP contribution in [0.3, 0.4) is 0 Å². The van der Waals surface area contributed by atoms with E-state index in [0.29, 0.717) is 23.2 Å². The van der Waals surface area contributed by atoms with Crippen LogP contribution in [0.5, 0.6) is 5.75 Å². The van der Waals surface area contributed by atoms with Crippen molar-refractivity contribution in [3.05, 3.63) is 63.1 Å². The lowest BCUT2D eigenvalue weighted by atomic mass is 9.76. The lowest BCUT2D eigenvalue weighted by Gasteiger charge is -2.32. The van der Waals surface area contributed by atoms with E-state index in [1.165, 1.54) is 11.1 Å². The monoisotopic (exact) mass is 364 g/mol. The molecule has 0 radical (unpaired) electrons. The molecule has 0 bridgehead atoms. The molecule has 0 aromatic heterocycles. The second kappa shape index (κ2) is 7.75. The van der Waals surface area contributed by atoms with Crippen LogP contribution in [0.25, 0.3) is 0 Å². The van der Waals surface area contributed by atoms with Crippen LogP contribution in [0.2, 0.25) is 10.0 Å². The number of halogens is 2. The molecular formula is C19H22Cl2N2O. The van der Waals surface area contributed by atoms with Crippen LogP contribution in [-0.4, -0.2) is 19.2 Å². The Morgan fingerprint density at radius 1 is 1.08 bits per heavy atom. The van der Waals surface area contributed by atoms with E-state index in [0.717, 1.165) is 30.6 Å². The molecular weight excluding hydrogens is 343 g/mol. The van der Waals surface area contributed by atoms with Gasteiger partial charge in [-0.1, -0.05) is 35.3 Å². The highest BCUT2D eigenvalue weighted by Crippen LogP contribution is 2.36. The fourth-order valence-corrected chi connectivity index (χ4v) is 3.67. The summed E-state index contributed by atoms with van der Waals surface area (Å²) >= 11 is 12.2. The minimum absolute atomic E-state index is 0.122. The van der Waals surface area contributed by atoms with Crippen molar-refractivity contribution in [2.75, 3.05) is 13.2 Å². The van der Waals surface area contributed by atoms with E-state index >= 15 is 0 Å². The number of hydrogen-bond acceptors (Lipinski definition) is 3. The van der Waals surface area contributed by atoms with E-state index < -0.39 is 0 Å². The third-order valence-corrected chi connectivity index (χ3v) is 5.35. The van der Waals surface area contributed by atoms with Gasteiger partial charge in [0.05, 0.1) is 10.0 Å². The molecule has 2 aromatic rings. The van der Waals surface area contributed by atoms with Crippen LogP contribution in [0.4, 0.5) is 0 Å². The standard InChI is InChI=1S/C19H22Cl2N2O/c20-17-5-1-12(10-18(17)21)9-16-15-11-14(24-8-7-22)4-2-13(15)3-6-19(16)23/h1-2,4-5,10-11,16,19H,3,6-9,22-23H2. The predicted octanol–water partition coefficient (Wildman–Crippen LogP) is 3.93. The first-order valence-corrected chi connectivity index (χ1v) is 8.99. The zero-order valence-electron chi connectivity index (χ0n) is 13.5. The van der Waals surface area contributed by atoms with Crippen molar-refractivity contribution in [2.24, 2.45) is 11.5 Å². The summed E-state index contributed by atoms with van der Waals surface area (Å²) < 4.78 is 5.69. The first-order chi connectivity index (χ1) is 11.6. The van der Waals surface area contributed by atoms with Gasteiger partial charge in [0, 0.05) is 18.5 Å². The van der Waals surface area contributed by atoms with Crippen molar-refractivity contribution >= 4 is 23.2 Å². The topological polar surface area (TPSA) is 61.3 Å². The van der Waals surface area contributed by atoms with Gasteiger partial charge in [-0.3, -0.25) is 0 Å². The van der Waals surface area contributed by atoms with Gasteiger partial charge in [0.25, 0.3) is 0 Å². The van der Waals surface area contributed by atoms with Gasteiger partial charge in [0.15, 0.2) is 0 Å². The van der Waals surface area contributed by atoms with Crippen molar-refractivity contribution in [3.63, 3.8) is 0 Å². The van der Waals surface area contributed by atoms with Crippen LogP contribution in [0, 0.1) is 0 Å². The summed E-state index contributed by atoms with van der Waals surface area (Å²) in [5.74, 6) is 1.10. The maximum atomic E-state index is 6.44. The zero-order valence-corrected chi connectivity index (χ0v) is 15.0. The smallest absolute Gasteiger partial charge is 0.119 e. The van der Waals surface area contributed by atoms with E-state index in [2.05, 4.69) is 12.1 Å². The summed E-state index contributed by atoms with van der Waals surface area (Å²) in [6, 6.07) is 12.2. The first kappa shape index (κ1) is 17.6. The SMILES string of the molecule is NCCOc1ccc2c(c1)C(Cc1ccc(Cl)c(Cl)c1)C(N)CC2. The molecule has 0 fully saturated rings. The molecule has 0 spiro atoms. The number of nitrogens with two attached hydrogens (primary N) is 2. The predicted molar refractivity (Wildman–Crippen MR) is 100 cm³/mol. The van der Waals surface area contributed by atoms with E-state index in [1.807, 2.05) is 24.3 Å².